The second-order valence-electron chi connectivity index (χ2n) is 6.05. The molecule has 0 heterocycles. The van der Waals surface area contributed by atoms with Crippen molar-refractivity contribution in [1.82, 2.24) is 5.32 Å². The molecule has 2 rings (SSSR count). The standard InChI is InChI=1S/C18H25NO5/c1-23-15-8-7-12(11-16(15)24-2)9-10-19-17(20)13-5-3-4-6-14(13)18(21)22/h7-8,11,13-14H,3-6,9-10H2,1-2H3,(H,19,20)(H,21,22)/p-1/t13-,14+/m1/s1. The minimum Gasteiger partial charge on any atom is -0.550 e. The number of carbonyl (C=O) groups is 2. The van der Waals surface area contributed by atoms with Crippen LogP contribution in [0.25, 0.3) is 0 Å². The summed E-state index contributed by atoms with van der Waals surface area (Å²) in [6.45, 7) is 0.449. The fraction of sp³-hybridized carbons (Fsp3) is 0.556. The van der Waals surface area contributed by atoms with Crippen molar-refractivity contribution in [3.63, 3.8) is 0 Å². The van der Waals surface area contributed by atoms with Gasteiger partial charge in [-0.15, -0.1) is 0 Å². The van der Waals surface area contributed by atoms with Crippen LogP contribution in [0.5, 0.6) is 11.5 Å². The first-order valence-corrected chi connectivity index (χ1v) is 8.26. The van der Waals surface area contributed by atoms with Crippen LogP contribution < -0.4 is 19.9 Å². The summed E-state index contributed by atoms with van der Waals surface area (Å²) < 4.78 is 10.4. The molecule has 0 unspecified atom stereocenters. The third-order valence-electron chi connectivity index (χ3n) is 4.57. The fourth-order valence-electron chi connectivity index (χ4n) is 3.22. The Hall–Kier alpha value is -2.24. The van der Waals surface area contributed by atoms with Crippen molar-refractivity contribution in [2.45, 2.75) is 32.1 Å². The third kappa shape index (κ3) is 4.40. The van der Waals surface area contributed by atoms with Gasteiger partial charge in [0.1, 0.15) is 0 Å². The number of nitrogens with one attached hydrogen (secondary N) is 1. The summed E-state index contributed by atoms with van der Waals surface area (Å²) in [7, 11) is 3.15. The van der Waals surface area contributed by atoms with E-state index in [1.807, 2.05) is 18.2 Å². The van der Waals surface area contributed by atoms with Crippen LogP contribution in [0.1, 0.15) is 31.2 Å². The summed E-state index contributed by atoms with van der Waals surface area (Å²) >= 11 is 0. The zero-order valence-electron chi connectivity index (χ0n) is 14.2. The van der Waals surface area contributed by atoms with Crippen LogP contribution in [0.4, 0.5) is 0 Å². The number of hydrogen-bond acceptors (Lipinski definition) is 5. The molecule has 1 fully saturated rings. The van der Waals surface area contributed by atoms with Crippen molar-refractivity contribution in [2.75, 3.05) is 20.8 Å². The number of hydrogen-bond donors (Lipinski definition) is 1. The Morgan fingerprint density at radius 3 is 2.42 bits per heavy atom. The van der Waals surface area contributed by atoms with E-state index in [0.29, 0.717) is 37.3 Å². The number of amides is 1. The van der Waals surface area contributed by atoms with Gasteiger partial charge in [-0.3, -0.25) is 4.79 Å². The number of rotatable bonds is 7. The predicted molar refractivity (Wildman–Crippen MR) is 86.7 cm³/mol. The van der Waals surface area contributed by atoms with Crippen molar-refractivity contribution >= 4 is 11.9 Å². The molecular formula is C18H24NO5-. The number of carboxylic acids is 1. The average Bonchev–Trinajstić information content (AvgIpc) is 2.61. The first-order chi connectivity index (χ1) is 11.6. The molecule has 1 aliphatic rings. The normalized spacial score (nSPS) is 20.2. The molecule has 2 atom stereocenters. The minimum absolute atomic E-state index is 0.190. The molecule has 0 aliphatic heterocycles. The Labute approximate surface area is 142 Å². The second-order valence-corrected chi connectivity index (χ2v) is 6.05. The molecule has 0 bridgehead atoms. The van der Waals surface area contributed by atoms with Gasteiger partial charge in [0.15, 0.2) is 11.5 Å². The predicted octanol–water partition coefficient (Wildman–Crippen LogP) is 0.919. The molecule has 0 aromatic heterocycles. The van der Waals surface area contributed by atoms with Gasteiger partial charge in [-0.1, -0.05) is 18.9 Å². The fourth-order valence-corrected chi connectivity index (χ4v) is 3.22. The average molecular weight is 334 g/mol. The smallest absolute Gasteiger partial charge is 0.223 e. The maximum Gasteiger partial charge on any atom is 0.223 e. The molecule has 1 saturated carbocycles. The Morgan fingerprint density at radius 1 is 1.12 bits per heavy atom. The summed E-state index contributed by atoms with van der Waals surface area (Å²) in [5.41, 5.74) is 1.01. The molecular weight excluding hydrogens is 310 g/mol. The van der Waals surface area contributed by atoms with Gasteiger partial charge in [-0.2, -0.15) is 0 Å². The number of carbonyl (C=O) groups excluding carboxylic acids is 2. The maximum absolute atomic E-state index is 12.3. The first kappa shape index (κ1) is 18.1. The lowest BCUT2D eigenvalue weighted by Gasteiger charge is -2.31. The van der Waals surface area contributed by atoms with E-state index in [1.54, 1.807) is 14.2 Å². The Bertz CT molecular complexity index is 587. The molecule has 1 aromatic rings. The van der Waals surface area contributed by atoms with Crippen molar-refractivity contribution in [3.8, 4) is 11.5 Å². The van der Waals surface area contributed by atoms with E-state index >= 15 is 0 Å². The number of carboxylic acid groups (broad SMARTS) is 1. The van der Waals surface area contributed by atoms with Crippen LogP contribution in [0.15, 0.2) is 18.2 Å². The van der Waals surface area contributed by atoms with Crippen LogP contribution in [0, 0.1) is 11.8 Å². The van der Waals surface area contributed by atoms with Gasteiger partial charge in [0.2, 0.25) is 5.91 Å². The molecule has 1 N–H and O–H groups in total. The quantitative estimate of drug-likeness (QED) is 0.801. The number of aliphatic carboxylic acids is 1. The van der Waals surface area contributed by atoms with Crippen LogP contribution in [0.2, 0.25) is 0 Å². The van der Waals surface area contributed by atoms with E-state index in [1.165, 1.54) is 0 Å². The van der Waals surface area contributed by atoms with Crippen LogP contribution >= 0.6 is 0 Å². The SMILES string of the molecule is COc1ccc(CCNC(=O)[C@@H]2CCCC[C@@H]2C(=O)[O-])cc1OC. The summed E-state index contributed by atoms with van der Waals surface area (Å²) in [6, 6.07) is 5.61. The second kappa shape index (κ2) is 8.57. The highest BCUT2D eigenvalue weighted by Gasteiger charge is 2.31. The van der Waals surface area contributed by atoms with Crippen LogP contribution in [-0.4, -0.2) is 32.6 Å². The summed E-state index contributed by atoms with van der Waals surface area (Å²) in [5.74, 6) is -1.15. The Kier molecular flexibility index (Phi) is 6.46. The van der Waals surface area contributed by atoms with E-state index in [9.17, 15) is 14.7 Å². The van der Waals surface area contributed by atoms with Gasteiger partial charge in [0.25, 0.3) is 0 Å². The zero-order valence-corrected chi connectivity index (χ0v) is 14.2. The van der Waals surface area contributed by atoms with Crippen LogP contribution in [0.3, 0.4) is 0 Å². The summed E-state index contributed by atoms with van der Waals surface area (Å²) in [4.78, 5) is 23.5. The molecule has 1 amide bonds. The lowest BCUT2D eigenvalue weighted by molar-refractivity contribution is -0.314. The van der Waals surface area contributed by atoms with E-state index in [4.69, 9.17) is 9.47 Å². The highest BCUT2D eigenvalue weighted by atomic mass is 16.5. The van der Waals surface area contributed by atoms with Crippen LogP contribution in [-0.2, 0) is 16.0 Å². The van der Waals surface area contributed by atoms with Gasteiger partial charge >= 0.3 is 0 Å². The highest BCUT2D eigenvalue weighted by Crippen LogP contribution is 2.30. The van der Waals surface area contributed by atoms with E-state index in [2.05, 4.69) is 5.32 Å². The van der Waals surface area contributed by atoms with Gasteiger partial charge in [0.05, 0.1) is 14.2 Å². The van der Waals surface area contributed by atoms with Crippen molar-refractivity contribution in [2.24, 2.45) is 11.8 Å². The number of methoxy groups -OCH3 is 2. The van der Waals surface area contributed by atoms with Crippen molar-refractivity contribution < 1.29 is 24.2 Å². The highest BCUT2D eigenvalue weighted by molar-refractivity contribution is 5.84. The monoisotopic (exact) mass is 334 g/mol. The van der Waals surface area contributed by atoms with E-state index in [0.717, 1.165) is 18.4 Å². The van der Waals surface area contributed by atoms with Gasteiger partial charge in [0, 0.05) is 24.3 Å². The van der Waals surface area contributed by atoms with Crippen molar-refractivity contribution in [3.05, 3.63) is 23.8 Å². The van der Waals surface area contributed by atoms with Gasteiger partial charge in [-0.25, -0.2) is 0 Å². The van der Waals surface area contributed by atoms with Gasteiger partial charge in [-0.05, 0) is 37.0 Å². The van der Waals surface area contributed by atoms with Gasteiger partial charge < -0.3 is 24.7 Å². The topological polar surface area (TPSA) is 87.7 Å². The summed E-state index contributed by atoms with van der Waals surface area (Å²) in [6.07, 6.45) is 3.50. The maximum atomic E-state index is 12.3. The Morgan fingerprint density at radius 2 is 1.79 bits per heavy atom. The molecule has 0 saturated heterocycles. The zero-order chi connectivity index (χ0) is 17.5. The lowest BCUT2D eigenvalue weighted by atomic mass is 9.78. The molecule has 24 heavy (non-hydrogen) atoms. The molecule has 132 valence electrons. The third-order valence-corrected chi connectivity index (χ3v) is 4.57. The summed E-state index contributed by atoms with van der Waals surface area (Å²) in [5, 5.41) is 14.0. The van der Waals surface area contributed by atoms with E-state index < -0.39 is 17.8 Å². The Balaban J connectivity index is 1.89. The minimum atomic E-state index is -1.12. The molecule has 0 spiro atoms. The molecule has 1 aromatic carbocycles. The first-order valence-electron chi connectivity index (χ1n) is 8.26. The molecule has 6 heteroatoms. The number of benzene rings is 1. The molecule has 0 radical (unpaired) electrons. The molecule has 1 aliphatic carbocycles. The van der Waals surface area contributed by atoms with Crippen molar-refractivity contribution in [1.29, 1.82) is 0 Å². The lowest BCUT2D eigenvalue weighted by Crippen LogP contribution is -2.44. The molecule has 6 nitrogen and oxygen atoms in total. The van der Waals surface area contributed by atoms with E-state index in [-0.39, 0.29) is 5.91 Å². The largest absolute Gasteiger partial charge is 0.550 e. The number of ether oxygens (including phenoxy) is 2.